The molecule has 0 fully saturated rings. The summed E-state index contributed by atoms with van der Waals surface area (Å²) in [5.41, 5.74) is 5.56. The summed E-state index contributed by atoms with van der Waals surface area (Å²) in [5.74, 6) is -0.201. The number of amides is 1. The van der Waals surface area contributed by atoms with Crippen LogP contribution in [0.2, 0.25) is 0 Å². The quantitative estimate of drug-likeness (QED) is 0.721. The molecule has 5 heteroatoms. The van der Waals surface area contributed by atoms with E-state index in [2.05, 4.69) is 20.2 Å². The molecule has 27 heavy (non-hydrogen) atoms. The van der Waals surface area contributed by atoms with E-state index in [4.69, 9.17) is 0 Å². The number of anilines is 2. The first kappa shape index (κ1) is 18.6. The van der Waals surface area contributed by atoms with Gasteiger partial charge in [0.25, 0.3) is 5.91 Å². The van der Waals surface area contributed by atoms with Gasteiger partial charge >= 0.3 is 0 Å². The highest BCUT2D eigenvalue weighted by molar-refractivity contribution is 6.03. The molecule has 0 spiro atoms. The van der Waals surface area contributed by atoms with Crippen molar-refractivity contribution in [2.75, 3.05) is 23.8 Å². The van der Waals surface area contributed by atoms with E-state index >= 15 is 0 Å². The van der Waals surface area contributed by atoms with Crippen molar-refractivity contribution < 1.29 is 4.79 Å². The summed E-state index contributed by atoms with van der Waals surface area (Å²) < 4.78 is 0. The highest BCUT2D eigenvalue weighted by Gasteiger charge is 2.11. The Kier molecular flexibility index (Phi) is 5.81. The topological polar surface area (TPSA) is 58.1 Å². The Bertz CT molecular complexity index is 925. The molecular formula is C22H24N4O. The normalized spacial score (nSPS) is 10.5. The summed E-state index contributed by atoms with van der Waals surface area (Å²) in [4.78, 5) is 23.0. The van der Waals surface area contributed by atoms with Crippen LogP contribution in [0, 0.1) is 13.8 Å². The number of benzene rings is 1. The predicted molar refractivity (Wildman–Crippen MR) is 109 cm³/mol. The zero-order valence-electron chi connectivity index (χ0n) is 15.9. The third-order valence-electron chi connectivity index (χ3n) is 4.54. The highest BCUT2D eigenvalue weighted by atomic mass is 16.1. The monoisotopic (exact) mass is 360 g/mol. The van der Waals surface area contributed by atoms with Gasteiger partial charge in [0.1, 0.15) is 5.69 Å². The second-order valence-electron chi connectivity index (χ2n) is 6.70. The molecule has 5 nitrogen and oxygen atoms in total. The maximum absolute atomic E-state index is 12.6. The molecule has 138 valence electrons. The molecule has 0 aliphatic rings. The maximum atomic E-state index is 12.6. The van der Waals surface area contributed by atoms with Crippen molar-refractivity contribution in [1.82, 2.24) is 9.97 Å². The van der Waals surface area contributed by atoms with Gasteiger partial charge in [-0.3, -0.25) is 14.8 Å². The van der Waals surface area contributed by atoms with Gasteiger partial charge in [-0.05, 0) is 67.3 Å². The Morgan fingerprint density at radius 2 is 1.81 bits per heavy atom. The van der Waals surface area contributed by atoms with Crippen LogP contribution in [0.3, 0.4) is 0 Å². The summed E-state index contributed by atoms with van der Waals surface area (Å²) in [7, 11) is 2.02. The lowest BCUT2D eigenvalue weighted by molar-refractivity contribution is 0.102. The lowest BCUT2D eigenvalue weighted by Crippen LogP contribution is -2.21. The number of hydrogen-bond donors (Lipinski definition) is 1. The molecule has 0 atom stereocenters. The molecule has 0 unspecified atom stereocenters. The lowest BCUT2D eigenvalue weighted by atomic mass is 10.1. The minimum absolute atomic E-state index is 0.201. The molecule has 0 radical (unpaired) electrons. The molecule has 0 aliphatic heterocycles. The fourth-order valence-corrected chi connectivity index (χ4v) is 2.81. The number of aryl methyl sites for hydroxylation is 2. The van der Waals surface area contributed by atoms with Crippen LogP contribution in [-0.2, 0) is 6.42 Å². The van der Waals surface area contributed by atoms with Gasteiger partial charge in [0.15, 0.2) is 0 Å². The van der Waals surface area contributed by atoms with Gasteiger partial charge < -0.3 is 10.2 Å². The molecule has 1 aromatic carbocycles. The number of pyridine rings is 2. The van der Waals surface area contributed by atoms with E-state index in [0.29, 0.717) is 5.69 Å². The van der Waals surface area contributed by atoms with Crippen molar-refractivity contribution >= 4 is 17.3 Å². The van der Waals surface area contributed by atoms with E-state index in [1.807, 2.05) is 63.4 Å². The number of rotatable bonds is 6. The van der Waals surface area contributed by atoms with Gasteiger partial charge in [0.05, 0.1) is 0 Å². The molecule has 1 N–H and O–H groups in total. The minimum atomic E-state index is -0.201. The van der Waals surface area contributed by atoms with Crippen LogP contribution in [0.1, 0.15) is 27.2 Å². The van der Waals surface area contributed by atoms with Crippen LogP contribution >= 0.6 is 0 Å². The summed E-state index contributed by atoms with van der Waals surface area (Å²) in [6.45, 7) is 4.82. The molecule has 3 rings (SSSR count). The Morgan fingerprint density at radius 3 is 2.59 bits per heavy atom. The Morgan fingerprint density at radius 1 is 1.04 bits per heavy atom. The van der Waals surface area contributed by atoms with Crippen molar-refractivity contribution in [1.29, 1.82) is 0 Å². The second kappa shape index (κ2) is 8.45. The molecule has 0 aliphatic carbocycles. The van der Waals surface area contributed by atoms with Crippen molar-refractivity contribution in [2.45, 2.75) is 20.3 Å². The number of carbonyl (C=O) groups is 1. The van der Waals surface area contributed by atoms with E-state index in [0.717, 1.165) is 35.5 Å². The SMILES string of the molecule is Cc1ccc(C)c(NC(=O)c2cc(N(C)CCc3ccncc3)ccn2)c1. The number of carbonyl (C=O) groups excluding carboxylic acids is 1. The number of likely N-dealkylation sites (N-methyl/N-ethyl adjacent to an activating group) is 1. The van der Waals surface area contributed by atoms with Gasteiger partial charge in [0, 0.05) is 43.6 Å². The summed E-state index contributed by atoms with van der Waals surface area (Å²) in [6.07, 6.45) is 6.19. The van der Waals surface area contributed by atoms with Gasteiger partial charge in [-0.25, -0.2) is 0 Å². The zero-order valence-corrected chi connectivity index (χ0v) is 15.9. The number of nitrogens with one attached hydrogen (secondary N) is 1. The highest BCUT2D eigenvalue weighted by Crippen LogP contribution is 2.19. The van der Waals surface area contributed by atoms with Gasteiger partial charge in [-0.2, -0.15) is 0 Å². The molecule has 2 heterocycles. The van der Waals surface area contributed by atoms with Crippen LogP contribution in [-0.4, -0.2) is 29.5 Å². The molecule has 0 saturated heterocycles. The number of aromatic nitrogens is 2. The van der Waals surface area contributed by atoms with Crippen LogP contribution in [0.25, 0.3) is 0 Å². The van der Waals surface area contributed by atoms with Gasteiger partial charge in [-0.1, -0.05) is 12.1 Å². The zero-order chi connectivity index (χ0) is 19.2. The average Bonchev–Trinajstić information content (AvgIpc) is 2.69. The Balaban J connectivity index is 1.68. The molecule has 0 saturated carbocycles. The maximum Gasteiger partial charge on any atom is 0.274 e. The minimum Gasteiger partial charge on any atom is -0.374 e. The van der Waals surface area contributed by atoms with Crippen LogP contribution in [0.5, 0.6) is 0 Å². The fourth-order valence-electron chi connectivity index (χ4n) is 2.81. The number of nitrogens with zero attached hydrogens (tertiary/aromatic N) is 3. The van der Waals surface area contributed by atoms with E-state index in [9.17, 15) is 4.79 Å². The van der Waals surface area contributed by atoms with Crippen LogP contribution < -0.4 is 10.2 Å². The van der Waals surface area contributed by atoms with Gasteiger partial charge in [-0.15, -0.1) is 0 Å². The average molecular weight is 360 g/mol. The molecular weight excluding hydrogens is 336 g/mol. The summed E-state index contributed by atoms with van der Waals surface area (Å²) >= 11 is 0. The third kappa shape index (κ3) is 4.91. The van der Waals surface area contributed by atoms with E-state index < -0.39 is 0 Å². The van der Waals surface area contributed by atoms with Crippen molar-refractivity contribution in [3.63, 3.8) is 0 Å². The third-order valence-corrected chi connectivity index (χ3v) is 4.54. The van der Waals surface area contributed by atoms with E-state index in [1.165, 1.54) is 5.56 Å². The first-order valence-electron chi connectivity index (χ1n) is 8.97. The lowest BCUT2D eigenvalue weighted by Gasteiger charge is -2.19. The van der Waals surface area contributed by atoms with Crippen LogP contribution in [0.15, 0.2) is 61.1 Å². The molecule has 2 aromatic heterocycles. The summed E-state index contributed by atoms with van der Waals surface area (Å²) in [5, 5.41) is 2.96. The summed E-state index contributed by atoms with van der Waals surface area (Å²) in [6, 6.07) is 13.8. The predicted octanol–water partition coefficient (Wildman–Crippen LogP) is 4.02. The number of hydrogen-bond acceptors (Lipinski definition) is 4. The van der Waals surface area contributed by atoms with Crippen LogP contribution in [0.4, 0.5) is 11.4 Å². The second-order valence-corrected chi connectivity index (χ2v) is 6.70. The van der Waals surface area contributed by atoms with E-state index in [-0.39, 0.29) is 5.91 Å². The molecule has 3 aromatic rings. The molecule has 0 bridgehead atoms. The standard InChI is InChI=1S/C22H24N4O/c1-16-4-5-17(2)20(14-16)25-22(27)21-15-19(8-12-24-21)26(3)13-9-18-6-10-23-11-7-18/h4-8,10-12,14-15H,9,13H2,1-3H3,(H,25,27). The first-order chi connectivity index (χ1) is 13.0. The van der Waals surface area contributed by atoms with Crippen molar-refractivity contribution in [3.8, 4) is 0 Å². The molecule has 1 amide bonds. The fraction of sp³-hybridized carbons (Fsp3) is 0.227. The van der Waals surface area contributed by atoms with Crippen molar-refractivity contribution in [3.05, 3.63) is 83.4 Å². The van der Waals surface area contributed by atoms with E-state index in [1.54, 1.807) is 18.6 Å². The smallest absolute Gasteiger partial charge is 0.274 e. The first-order valence-corrected chi connectivity index (χ1v) is 8.97. The van der Waals surface area contributed by atoms with Crippen molar-refractivity contribution in [2.24, 2.45) is 0 Å². The Hall–Kier alpha value is -3.21. The Labute approximate surface area is 160 Å². The van der Waals surface area contributed by atoms with Gasteiger partial charge in [0.2, 0.25) is 0 Å². The largest absolute Gasteiger partial charge is 0.374 e.